The number of aromatic nitrogens is 2. The van der Waals surface area contributed by atoms with E-state index in [2.05, 4.69) is 11.1 Å². The third-order valence-corrected chi connectivity index (χ3v) is 3.41. The van der Waals surface area contributed by atoms with Gasteiger partial charge in [-0.2, -0.15) is 0 Å². The SMILES string of the molecule is Nc1ccc2cc3[nH]c4cc(N)ccc4c3nc2c1. The Morgan fingerprint density at radius 3 is 2.53 bits per heavy atom. The van der Waals surface area contributed by atoms with Crippen molar-refractivity contribution < 1.29 is 0 Å². The van der Waals surface area contributed by atoms with Gasteiger partial charge >= 0.3 is 0 Å². The van der Waals surface area contributed by atoms with Gasteiger partial charge in [0.25, 0.3) is 0 Å². The van der Waals surface area contributed by atoms with Crippen LogP contribution in [0, 0.1) is 0 Å². The van der Waals surface area contributed by atoms with Gasteiger partial charge in [0.1, 0.15) is 0 Å². The first-order valence-electron chi connectivity index (χ1n) is 6.08. The highest BCUT2D eigenvalue weighted by Crippen LogP contribution is 2.28. The maximum atomic E-state index is 5.81. The molecule has 0 amide bonds. The fourth-order valence-corrected chi connectivity index (χ4v) is 2.50. The zero-order valence-corrected chi connectivity index (χ0v) is 10.1. The van der Waals surface area contributed by atoms with E-state index in [9.17, 15) is 0 Å². The Morgan fingerprint density at radius 1 is 0.842 bits per heavy atom. The highest BCUT2D eigenvalue weighted by molar-refractivity contribution is 6.08. The van der Waals surface area contributed by atoms with E-state index in [1.165, 1.54) is 0 Å². The number of nitrogens with zero attached hydrogens (tertiary/aromatic N) is 1. The van der Waals surface area contributed by atoms with E-state index in [1.54, 1.807) is 0 Å². The van der Waals surface area contributed by atoms with Crippen LogP contribution in [0.5, 0.6) is 0 Å². The number of nitrogens with two attached hydrogens (primary N) is 2. The van der Waals surface area contributed by atoms with Gasteiger partial charge in [-0.25, -0.2) is 4.98 Å². The summed E-state index contributed by atoms with van der Waals surface area (Å²) >= 11 is 0. The average molecular weight is 248 g/mol. The van der Waals surface area contributed by atoms with Crippen LogP contribution >= 0.6 is 0 Å². The third-order valence-electron chi connectivity index (χ3n) is 3.41. The second-order valence-corrected chi connectivity index (χ2v) is 4.77. The lowest BCUT2D eigenvalue weighted by Crippen LogP contribution is -1.86. The summed E-state index contributed by atoms with van der Waals surface area (Å²) < 4.78 is 0. The number of benzene rings is 2. The number of nitrogen functional groups attached to an aromatic ring is 2. The number of hydrogen-bond donors (Lipinski definition) is 3. The number of anilines is 2. The van der Waals surface area contributed by atoms with Crippen molar-refractivity contribution in [3.8, 4) is 0 Å². The fourth-order valence-electron chi connectivity index (χ4n) is 2.50. The predicted molar refractivity (Wildman–Crippen MR) is 79.9 cm³/mol. The second kappa shape index (κ2) is 3.38. The van der Waals surface area contributed by atoms with Crippen molar-refractivity contribution in [3.05, 3.63) is 42.5 Å². The largest absolute Gasteiger partial charge is 0.399 e. The minimum atomic E-state index is 0.725. The first-order valence-corrected chi connectivity index (χ1v) is 6.08. The summed E-state index contributed by atoms with van der Waals surface area (Å²) in [6.07, 6.45) is 0. The molecule has 4 heteroatoms. The number of hydrogen-bond acceptors (Lipinski definition) is 3. The lowest BCUT2D eigenvalue weighted by Gasteiger charge is -1.99. The topological polar surface area (TPSA) is 80.7 Å². The number of nitrogens with one attached hydrogen (secondary N) is 1. The normalized spacial score (nSPS) is 11.6. The van der Waals surface area contributed by atoms with Gasteiger partial charge in [0, 0.05) is 22.1 Å². The Morgan fingerprint density at radius 2 is 1.63 bits per heavy atom. The van der Waals surface area contributed by atoms with E-state index in [0.717, 1.165) is 44.2 Å². The van der Waals surface area contributed by atoms with Crippen molar-refractivity contribution in [2.24, 2.45) is 0 Å². The standard InChI is InChI=1S/C15H12N4/c16-9-2-1-8-5-14-15(19-12(8)6-9)11-4-3-10(17)7-13(11)18-14/h1-7,18H,16-17H2. The molecule has 4 rings (SSSR count). The smallest absolute Gasteiger partial charge is 0.0965 e. The number of pyridine rings is 1. The molecule has 2 heterocycles. The zero-order chi connectivity index (χ0) is 13.0. The van der Waals surface area contributed by atoms with Crippen molar-refractivity contribution in [3.63, 3.8) is 0 Å². The maximum Gasteiger partial charge on any atom is 0.0965 e. The summed E-state index contributed by atoms with van der Waals surface area (Å²) in [5.41, 5.74) is 17.0. The van der Waals surface area contributed by atoms with E-state index >= 15 is 0 Å². The van der Waals surface area contributed by atoms with Crippen molar-refractivity contribution in [2.75, 3.05) is 11.5 Å². The van der Waals surface area contributed by atoms with Crippen LogP contribution in [-0.4, -0.2) is 9.97 Å². The zero-order valence-electron chi connectivity index (χ0n) is 10.1. The minimum Gasteiger partial charge on any atom is -0.399 e. The van der Waals surface area contributed by atoms with Crippen molar-refractivity contribution in [2.45, 2.75) is 0 Å². The van der Waals surface area contributed by atoms with Crippen molar-refractivity contribution in [1.29, 1.82) is 0 Å². The molecule has 0 saturated carbocycles. The minimum absolute atomic E-state index is 0.725. The Labute approximate surface area is 109 Å². The van der Waals surface area contributed by atoms with E-state index in [0.29, 0.717) is 0 Å². The van der Waals surface area contributed by atoms with Gasteiger partial charge in [-0.3, -0.25) is 0 Å². The van der Waals surface area contributed by atoms with Crippen LogP contribution in [0.2, 0.25) is 0 Å². The van der Waals surface area contributed by atoms with Gasteiger partial charge < -0.3 is 16.5 Å². The van der Waals surface area contributed by atoms with Gasteiger partial charge in [-0.05, 0) is 36.4 Å². The predicted octanol–water partition coefficient (Wildman–Crippen LogP) is 3.03. The molecule has 2 aromatic carbocycles. The molecule has 19 heavy (non-hydrogen) atoms. The van der Waals surface area contributed by atoms with E-state index in [4.69, 9.17) is 16.5 Å². The van der Waals surface area contributed by atoms with Crippen LogP contribution in [0.1, 0.15) is 0 Å². The highest BCUT2D eigenvalue weighted by atomic mass is 14.8. The number of H-pyrrole nitrogens is 1. The summed E-state index contributed by atoms with van der Waals surface area (Å²) in [4.78, 5) is 8.06. The second-order valence-electron chi connectivity index (χ2n) is 4.77. The van der Waals surface area contributed by atoms with Crippen LogP contribution in [-0.2, 0) is 0 Å². The molecule has 0 fully saturated rings. The van der Waals surface area contributed by atoms with Gasteiger partial charge in [-0.1, -0.05) is 6.07 Å². The first kappa shape index (κ1) is 10.2. The first-order chi connectivity index (χ1) is 9.20. The third kappa shape index (κ3) is 1.43. The summed E-state index contributed by atoms with van der Waals surface area (Å²) in [7, 11) is 0. The van der Waals surface area contributed by atoms with Gasteiger partial charge in [0.2, 0.25) is 0 Å². The molecule has 0 bridgehead atoms. The molecule has 0 atom stereocenters. The van der Waals surface area contributed by atoms with Gasteiger partial charge in [0.05, 0.1) is 22.1 Å². The average Bonchev–Trinajstić information content (AvgIpc) is 2.72. The molecule has 92 valence electrons. The molecule has 0 spiro atoms. The summed E-state index contributed by atoms with van der Waals surface area (Å²) in [5.74, 6) is 0. The molecule has 4 aromatic rings. The molecule has 0 saturated heterocycles. The highest BCUT2D eigenvalue weighted by Gasteiger charge is 2.07. The van der Waals surface area contributed by atoms with Crippen molar-refractivity contribution in [1.82, 2.24) is 9.97 Å². The van der Waals surface area contributed by atoms with Crippen LogP contribution < -0.4 is 11.5 Å². The van der Waals surface area contributed by atoms with E-state index < -0.39 is 0 Å². The Bertz CT molecular complexity index is 937. The molecule has 5 N–H and O–H groups in total. The quantitative estimate of drug-likeness (QED) is 0.418. The van der Waals surface area contributed by atoms with E-state index in [-0.39, 0.29) is 0 Å². The molecule has 0 radical (unpaired) electrons. The van der Waals surface area contributed by atoms with Crippen LogP contribution in [0.3, 0.4) is 0 Å². The van der Waals surface area contributed by atoms with Gasteiger partial charge in [-0.15, -0.1) is 0 Å². The van der Waals surface area contributed by atoms with Gasteiger partial charge in [0.15, 0.2) is 0 Å². The lowest BCUT2D eigenvalue weighted by atomic mass is 10.1. The summed E-state index contributed by atoms with van der Waals surface area (Å²) in [5, 5.41) is 2.15. The molecule has 0 aliphatic heterocycles. The van der Waals surface area contributed by atoms with Crippen LogP contribution in [0.4, 0.5) is 11.4 Å². The number of aromatic amines is 1. The summed E-state index contributed by atoms with van der Waals surface area (Å²) in [6, 6.07) is 13.7. The molecular formula is C15H12N4. The molecule has 0 aliphatic carbocycles. The lowest BCUT2D eigenvalue weighted by molar-refractivity contribution is 1.49. The number of rotatable bonds is 0. The fraction of sp³-hybridized carbons (Fsp3) is 0. The Kier molecular flexibility index (Phi) is 1.82. The monoisotopic (exact) mass is 248 g/mol. The molecule has 4 nitrogen and oxygen atoms in total. The van der Waals surface area contributed by atoms with Crippen LogP contribution in [0.15, 0.2) is 42.5 Å². The number of fused-ring (bicyclic) bond motifs is 4. The molecule has 2 aromatic heterocycles. The molecule has 0 unspecified atom stereocenters. The van der Waals surface area contributed by atoms with Crippen molar-refractivity contribution >= 4 is 44.2 Å². The van der Waals surface area contributed by atoms with Crippen LogP contribution in [0.25, 0.3) is 32.8 Å². The molecule has 0 aliphatic rings. The maximum absolute atomic E-state index is 5.81. The Hall–Kier alpha value is -2.75. The van der Waals surface area contributed by atoms with E-state index in [1.807, 2.05) is 36.4 Å². The Balaban J connectivity index is 2.20. The molecular weight excluding hydrogens is 236 g/mol. The summed E-state index contributed by atoms with van der Waals surface area (Å²) in [6.45, 7) is 0.